The molecule has 2 heteroatoms. The summed E-state index contributed by atoms with van der Waals surface area (Å²) in [7, 11) is 0. The molecule has 23 heavy (non-hydrogen) atoms. The van der Waals surface area contributed by atoms with E-state index in [-0.39, 0.29) is 5.92 Å². The van der Waals surface area contributed by atoms with E-state index in [1.54, 1.807) is 0 Å². The summed E-state index contributed by atoms with van der Waals surface area (Å²) in [4.78, 5) is 14.4. The minimum atomic E-state index is 0.252. The van der Waals surface area contributed by atoms with Crippen LogP contribution < -0.4 is 0 Å². The van der Waals surface area contributed by atoms with Crippen LogP contribution in [0.5, 0.6) is 0 Å². The van der Waals surface area contributed by atoms with E-state index in [2.05, 4.69) is 72.5 Å². The Hall–Kier alpha value is -2.09. The van der Waals surface area contributed by atoms with E-state index in [4.69, 9.17) is 0 Å². The number of nitrogens with zero attached hydrogens (tertiary/aromatic N) is 1. The molecule has 2 aromatic rings. The van der Waals surface area contributed by atoms with Gasteiger partial charge in [0.1, 0.15) is 0 Å². The second-order valence-electron chi connectivity index (χ2n) is 6.38. The maximum Gasteiger partial charge on any atom is 0.225 e. The lowest BCUT2D eigenvalue weighted by Crippen LogP contribution is -2.29. The molecule has 1 aliphatic heterocycles. The number of rotatable bonds is 6. The normalized spacial score (nSPS) is 17.9. The van der Waals surface area contributed by atoms with Crippen LogP contribution in [-0.4, -0.2) is 23.9 Å². The Morgan fingerprint density at radius 3 is 2.04 bits per heavy atom. The maximum atomic E-state index is 12.3. The Bertz CT molecular complexity index is 583. The molecule has 1 amide bonds. The molecule has 0 aliphatic carbocycles. The van der Waals surface area contributed by atoms with Crippen LogP contribution >= 0.6 is 0 Å². The Morgan fingerprint density at radius 2 is 1.57 bits per heavy atom. The van der Waals surface area contributed by atoms with E-state index in [0.29, 0.717) is 11.8 Å². The highest BCUT2D eigenvalue weighted by molar-refractivity contribution is 5.80. The molecule has 0 saturated carbocycles. The van der Waals surface area contributed by atoms with E-state index in [9.17, 15) is 4.79 Å². The lowest BCUT2D eigenvalue weighted by atomic mass is 9.88. The number of hydrogen-bond donors (Lipinski definition) is 0. The molecule has 0 N–H and O–H groups in total. The standard InChI is InChI=1S/C21H25NO/c1-2-17-13-15-22(21(17)23)16-14-20(18-9-5-3-6-10-18)19-11-7-4-8-12-19/h3-12,17,20H,2,13-16H2,1H3. The molecule has 1 atom stereocenters. The van der Waals surface area contributed by atoms with Gasteiger partial charge in [-0.25, -0.2) is 0 Å². The quantitative estimate of drug-likeness (QED) is 0.771. The van der Waals surface area contributed by atoms with Gasteiger partial charge in [-0.2, -0.15) is 0 Å². The molecule has 2 aromatic carbocycles. The third-order valence-corrected chi connectivity index (χ3v) is 4.99. The maximum absolute atomic E-state index is 12.3. The zero-order valence-corrected chi connectivity index (χ0v) is 13.8. The molecule has 3 rings (SSSR count). The van der Waals surface area contributed by atoms with Gasteiger partial charge < -0.3 is 4.90 Å². The number of carbonyl (C=O) groups excluding carboxylic acids is 1. The minimum Gasteiger partial charge on any atom is -0.342 e. The van der Waals surface area contributed by atoms with Crippen molar-refractivity contribution in [1.82, 2.24) is 4.90 Å². The Morgan fingerprint density at radius 1 is 1.00 bits per heavy atom. The highest BCUT2D eigenvalue weighted by Crippen LogP contribution is 2.29. The van der Waals surface area contributed by atoms with Crippen LogP contribution in [0.1, 0.15) is 43.2 Å². The molecular formula is C21H25NO. The fourth-order valence-electron chi connectivity index (χ4n) is 3.59. The van der Waals surface area contributed by atoms with Crippen molar-refractivity contribution in [1.29, 1.82) is 0 Å². The van der Waals surface area contributed by atoms with Crippen LogP contribution in [-0.2, 0) is 4.79 Å². The first-order valence-electron chi connectivity index (χ1n) is 8.68. The summed E-state index contributed by atoms with van der Waals surface area (Å²) >= 11 is 0. The van der Waals surface area contributed by atoms with Gasteiger partial charge in [0.25, 0.3) is 0 Å². The molecule has 0 bridgehead atoms. The van der Waals surface area contributed by atoms with Gasteiger partial charge in [-0.3, -0.25) is 4.79 Å². The molecule has 1 unspecified atom stereocenters. The zero-order chi connectivity index (χ0) is 16.1. The van der Waals surface area contributed by atoms with Crippen LogP contribution in [0.15, 0.2) is 60.7 Å². The average Bonchev–Trinajstić information content (AvgIpc) is 2.97. The van der Waals surface area contributed by atoms with Crippen molar-refractivity contribution >= 4 is 5.91 Å². The summed E-state index contributed by atoms with van der Waals surface area (Å²) in [6.45, 7) is 3.89. The molecule has 0 radical (unpaired) electrons. The van der Waals surface area contributed by atoms with Gasteiger partial charge >= 0.3 is 0 Å². The topological polar surface area (TPSA) is 20.3 Å². The first kappa shape index (κ1) is 15.8. The monoisotopic (exact) mass is 307 g/mol. The van der Waals surface area contributed by atoms with Gasteiger partial charge in [0, 0.05) is 24.9 Å². The first-order chi connectivity index (χ1) is 11.3. The van der Waals surface area contributed by atoms with Gasteiger partial charge in [0.15, 0.2) is 0 Å². The van der Waals surface area contributed by atoms with Gasteiger partial charge in [0.2, 0.25) is 5.91 Å². The number of amides is 1. The SMILES string of the molecule is CCC1CCN(CCC(c2ccccc2)c2ccccc2)C1=O. The van der Waals surface area contributed by atoms with Gasteiger partial charge in [-0.05, 0) is 30.4 Å². The van der Waals surface area contributed by atoms with Crippen molar-refractivity contribution in [2.45, 2.75) is 32.1 Å². The van der Waals surface area contributed by atoms with Crippen LogP contribution in [0.25, 0.3) is 0 Å². The molecule has 1 fully saturated rings. The van der Waals surface area contributed by atoms with E-state index in [1.807, 2.05) is 0 Å². The molecule has 1 heterocycles. The second kappa shape index (κ2) is 7.45. The third-order valence-electron chi connectivity index (χ3n) is 4.99. The molecule has 2 nitrogen and oxygen atoms in total. The van der Waals surface area contributed by atoms with Crippen molar-refractivity contribution in [2.75, 3.05) is 13.1 Å². The lowest BCUT2D eigenvalue weighted by Gasteiger charge is -2.22. The smallest absolute Gasteiger partial charge is 0.225 e. The van der Waals surface area contributed by atoms with Crippen LogP contribution in [0.4, 0.5) is 0 Å². The Balaban J connectivity index is 1.74. The lowest BCUT2D eigenvalue weighted by molar-refractivity contribution is -0.131. The molecule has 120 valence electrons. The van der Waals surface area contributed by atoms with Gasteiger partial charge in [-0.1, -0.05) is 67.6 Å². The Kier molecular flexibility index (Phi) is 5.12. The summed E-state index contributed by atoms with van der Waals surface area (Å²) in [5.41, 5.74) is 2.66. The molecule has 1 aliphatic rings. The number of likely N-dealkylation sites (tertiary alicyclic amines) is 1. The summed E-state index contributed by atoms with van der Waals surface area (Å²) in [6.07, 6.45) is 2.98. The van der Waals surface area contributed by atoms with Crippen molar-refractivity contribution in [3.05, 3.63) is 71.8 Å². The van der Waals surface area contributed by atoms with E-state index in [1.165, 1.54) is 11.1 Å². The highest BCUT2D eigenvalue weighted by atomic mass is 16.2. The van der Waals surface area contributed by atoms with Crippen LogP contribution in [0, 0.1) is 5.92 Å². The summed E-state index contributed by atoms with van der Waals surface area (Å²) in [5.74, 6) is 0.958. The fourth-order valence-corrected chi connectivity index (χ4v) is 3.59. The van der Waals surface area contributed by atoms with Gasteiger partial charge in [0.05, 0.1) is 0 Å². The summed E-state index contributed by atoms with van der Waals surface area (Å²) < 4.78 is 0. The van der Waals surface area contributed by atoms with E-state index >= 15 is 0 Å². The van der Waals surface area contributed by atoms with Crippen molar-refractivity contribution in [3.8, 4) is 0 Å². The van der Waals surface area contributed by atoms with Crippen molar-refractivity contribution < 1.29 is 4.79 Å². The molecule has 0 spiro atoms. The van der Waals surface area contributed by atoms with Crippen LogP contribution in [0.2, 0.25) is 0 Å². The number of benzene rings is 2. The number of hydrogen-bond acceptors (Lipinski definition) is 1. The summed E-state index contributed by atoms with van der Waals surface area (Å²) in [5, 5.41) is 0. The first-order valence-corrected chi connectivity index (χ1v) is 8.68. The number of carbonyl (C=O) groups is 1. The third kappa shape index (κ3) is 3.64. The summed E-state index contributed by atoms with van der Waals surface area (Å²) in [6, 6.07) is 21.3. The highest BCUT2D eigenvalue weighted by Gasteiger charge is 2.30. The van der Waals surface area contributed by atoms with Crippen LogP contribution in [0.3, 0.4) is 0 Å². The predicted octanol–water partition coefficient (Wildman–Crippen LogP) is 4.47. The predicted molar refractivity (Wildman–Crippen MR) is 94.3 cm³/mol. The zero-order valence-electron chi connectivity index (χ0n) is 13.8. The van der Waals surface area contributed by atoms with Gasteiger partial charge in [-0.15, -0.1) is 0 Å². The van der Waals surface area contributed by atoms with E-state index in [0.717, 1.165) is 32.4 Å². The van der Waals surface area contributed by atoms with Crippen molar-refractivity contribution in [2.24, 2.45) is 5.92 Å². The average molecular weight is 307 g/mol. The molecule has 0 aromatic heterocycles. The molecular weight excluding hydrogens is 282 g/mol. The fraction of sp³-hybridized carbons (Fsp3) is 0.381. The molecule has 1 saturated heterocycles. The second-order valence-corrected chi connectivity index (χ2v) is 6.38. The Labute approximate surface area is 139 Å². The largest absolute Gasteiger partial charge is 0.342 e. The van der Waals surface area contributed by atoms with E-state index < -0.39 is 0 Å². The minimum absolute atomic E-state index is 0.252. The van der Waals surface area contributed by atoms with Crippen molar-refractivity contribution in [3.63, 3.8) is 0 Å².